The van der Waals surface area contributed by atoms with Crippen molar-refractivity contribution in [2.24, 2.45) is 0 Å². The topological polar surface area (TPSA) is 20.2 Å². The fraction of sp³-hybridized carbons (Fsp3) is 0.733. The second kappa shape index (κ2) is 12.5. The standard InChI is InChI=1S/C15H28O/c1-3-5-7-8-9-10-11-12-14-15(16)13-6-4-2/h3-4,6,15-16H,1,5,7-14H2,2H3/b6-4+. The van der Waals surface area contributed by atoms with Crippen LogP contribution in [0.15, 0.2) is 24.8 Å². The lowest BCUT2D eigenvalue weighted by atomic mass is 10.0. The lowest BCUT2D eigenvalue weighted by molar-refractivity contribution is 0.163. The molecule has 1 atom stereocenters. The summed E-state index contributed by atoms with van der Waals surface area (Å²) in [5.41, 5.74) is 0. The third-order valence-corrected chi connectivity index (χ3v) is 2.84. The van der Waals surface area contributed by atoms with Crippen LogP contribution < -0.4 is 0 Å². The third-order valence-electron chi connectivity index (χ3n) is 2.84. The molecule has 0 rings (SSSR count). The van der Waals surface area contributed by atoms with Crippen molar-refractivity contribution in [1.29, 1.82) is 0 Å². The van der Waals surface area contributed by atoms with E-state index in [0.717, 1.165) is 19.3 Å². The van der Waals surface area contributed by atoms with E-state index in [-0.39, 0.29) is 6.10 Å². The Morgan fingerprint density at radius 2 is 1.69 bits per heavy atom. The fourth-order valence-electron chi connectivity index (χ4n) is 1.79. The number of hydrogen-bond donors (Lipinski definition) is 1. The van der Waals surface area contributed by atoms with Crippen LogP contribution in [-0.2, 0) is 0 Å². The Balaban J connectivity index is 3.11. The van der Waals surface area contributed by atoms with Crippen LogP contribution >= 0.6 is 0 Å². The van der Waals surface area contributed by atoms with E-state index in [1.165, 1.54) is 38.5 Å². The summed E-state index contributed by atoms with van der Waals surface area (Å²) in [5, 5.41) is 9.59. The van der Waals surface area contributed by atoms with E-state index >= 15 is 0 Å². The minimum Gasteiger partial charge on any atom is -0.393 e. The Labute approximate surface area is 101 Å². The van der Waals surface area contributed by atoms with E-state index in [1.54, 1.807) is 0 Å². The predicted molar refractivity (Wildman–Crippen MR) is 72.6 cm³/mol. The molecular formula is C15H28O. The van der Waals surface area contributed by atoms with Gasteiger partial charge in [0.25, 0.3) is 0 Å². The first kappa shape index (κ1) is 15.4. The van der Waals surface area contributed by atoms with Gasteiger partial charge in [-0.05, 0) is 32.6 Å². The lowest BCUT2D eigenvalue weighted by Gasteiger charge is -2.07. The van der Waals surface area contributed by atoms with Gasteiger partial charge in [0.2, 0.25) is 0 Å². The first-order valence-corrected chi connectivity index (χ1v) is 6.71. The minimum atomic E-state index is -0.128. The molecule has 0 radical (unpaired) electrons. The molecule has 1 heteroatoms. The molecule has 0 saturated heterocycles. The molecule has 0 fully saturated rings. The van der Waals surface area contributed by atoms with Crippen molar-refractivity contribution in [3.8, 4) is 0 Å². The summed E-state index contributed by atoms with van der Waals surface area (Å²) in [4.78, 5) is 0. The van der Waals surface area contributed by atoms with Crippen molar-refractivity contribution in [1.82, 2.24) is 0 Å². The maximum Gasteiger partial charge on any atom is 0.0574 e. The van der Waals surface area contributed by atoms with Crippen molar-refractivity contribution in [3.63, 3.8) is 0 Å². The Kier molecular flexibility index (Phi) is 12.1. The monoisotopic (exact) mass is 224 g/mol. The molecule has 0 aromatic rings. The van der Waals surface area contributed by atoms with Gasteiger partial charge in [-0.2, -0.15) is 0 Å². The zero-order chi connectivity index (χ0) is 12.1. The molecule has 0 aliphatic carbocycles. The molecule has 1 N–H and O–H groups in total. The average Bonchev–Trinajstić information content (AvgIpc) is 2.30. The highest BCUT2D eigenvalue weighted by Gasteiger charge is 2.00. The van der Waals surface area contributed by atoms with Gasteiger partial charge in [-0.25, -0.2) is 0 Å². The molecule has 1 unspecified atom stereocenters. The Morgan fingerprint density at radius 3 is 2.31 bits per heavy atom. The van der Waals surface area contributed by atoms with Crippen LogP contribution in [-0.4, -0.2) is 11.2 Å². The van der Waals surface area contributed by atoms with Crippen LogP contribution in [0.3, 0.4) is 0 Å². The number of unbranched alkanes of at least 4 members (excludes halogenated alkanes) is 6. The maximum absolute atomic E-state index is 9.59. The number of hydrogen-bond acceptors (Lipinski definition) is 1. The highest BCUT2D eigenvalue weighted by Crippen LogP contribution is 2.11. The van der Waals surface area contributed by atoms with Crippen molar-refractivity contribution in [2.75, 3.05) is 0 Å². The van der Waals surface area contributed by atoms with Gasteiger partial charge in [-0.3, -0.25) is 0 Å². The van der Waals surface area contributed by atoms with Crippen LogP contribution in [0.25, 0.3) is 0 Å². The van der Waals surface area contributed by atoms with E-state index in [9.17, 15) is 5.11 Å². The van der Waals surface area contributed by atoms with E-state index in [0.29, 0.717) is 0 Å². The molecule has 94 valence electrons. The summed E-state index contributed by atoms with van der Waals surface area (Å²) < 4.78 is 0. The second-order valence-corrected chi connectivity index (χ2v) is 4.45. The van der Waals surface area contributed by atoms with Crippen LogP contribution in [0.4, 0.5) is 0 Å². The van der Waals surface area contributed by atoms with Crippen molar-refractivity contribution < 1.29 is 5.11 Å². The largest absolute Gasteiger partial charge is 0.393 e. The molecule has 0 aliphatic rings. The zero-order valence-corrected chi connectivity index (χ0v) is 10.8. The Morgan fingerprint density at radius 1 is 1.06 bits per heavy atom. The van der Waals surface area contributed by atoms with Crippen LogP contribution in [0.2, 0.25) is 0 Å². The molecule has 0 aromatic carbocycles. The van der Waals surface area contributed by atoms with Gasteiger partial charge in [0.05, 0.1) is 6.10 Å². The number of allylic oxidation sites excluding steroid dienone is 2. The van der Waals surface area contributed by atoms with Crippen molar-refractivity contribution in [3.05, 3.63) is 24.8 Å². The number of aliphatic hydroxyl groups excluding tert-OH is 1. The summed E-state index contributed by atoms with van der Waals surface area (Å²) >= 11 is 0. The van der Waals surface area contributed by atoms with Gasteiger partial charge in [-0.1, -0.05) is 50.3 Å². The molecular weight excluding hydrogens is 196 g/mol. The van der Waals surface area contributed by atoms with E-state index in [1.807, 2.05) is 25.2 Å². The van der Waals surface area contributed by atoms with Gasteiger partial charge >= 0.3 is 0 Å². The van der Waals surface area contributed by atoms with Gasteiger partial charge in [0, 0.05) is 0 Å². The molecule has 0 aromatic heterocycles. The highest BCUT2D eigenvalue weighted by atomic mass is 16.3. The van der Waals surface area contributed by atoms with E-state index < -0.39 is 0 Å². The average molecular weight is 224 g/mol. The van der Waals surface area contributed by atoms with Gasteiger partial charge in [-0.15, -0.1) is 6.58 Å². The Bertz CT molecular complexity index is 172. The predicted octanol–water partition coefficient (Wildman–Crippen LogP) is 4.62. The highest BCUT2D eigenvalue weighted by molar-refractivity contribution is 4.79. The molecule has 16 heavy (non-hydrogen) atoms. The quantitative estimate of drug-likeness (QED) is 0.401. The maximum atomic E-state index is 9.59. The SMILES string of the molecule is C=CCCCCCCCCC(O)C/C=C/C. The van der Waals surface area contributed by atoms with Gasteiger partial charge < -0.3 is 5.11 Å². The molecule has 0 amide bonds. The first-order valence-electron chi connectivity index (χ1n) is 6.71. The van der Waals surface area contributed by atoms with Gasteiger partial charge in [0.1, 0.15) is 0 Å². The molecule has 0 saturated carbocycles. The molecule has 0 heterocycles. The number of rotatable bonds is 11. The van der Waals surface area contributed by atoms with Crippen molar-refractivity contribution >= 4 is 0 Å². The normalized spacial score (nSPS) is 13.1. The first-order chi connectivity index (χ1) is 7.81. The minimum absolute atomic E-state index is 0.128. The summed E-state index contributed by atoms with van der Waals surface area (Å²) in [7, 11) is 0. The van der Waals surface area contributed by atoms with Crippen LogP contribution in [0, 0.1) is 0 Å². The van der Waals surface area contributed by atoms with Crippen molar-refractivity contribution in [2.45, 2.75) is 70.8 Å². The third kappa shape index (κ3) is 11.5. The zero-order valence-electron chi connectivity index (χ0n) is 10.8. The smallest absolute Gasteiger partial charge is 0.0574 e. The fourth-order valence-corrected chi connectivity index (χ4v) is 1.79. The van der Waals surface area contributed by atoms with Gasteiger partial charge in [0.15, 0.2) is 0 Å². The lowest BCUT2D eigenvalue weighted by Crippen LogP contribution is -2.04. The van der Waals surface area contributed by atoms with E-state index in [4.69, 9.17) is 0 Å². The second-order valence-electron chi connectivity index (χ2n) is 4.45. The van der Waals surface area contributed by atoms with E-state index in [2.05, 4.69) is 6.58 Å². The molecule has 1 nitrogen and oxygen atoms in total. The molecule has 0 spiro atoms. The summed E-state index contributed by atoms with van der Waals surface area (Å²) in [6.07, 6.45) is 16.5. The summed E-state index contributed by atoms with van der Waals surface area (Å²) in [6.45, 7) is 5.71. The van der Waals surface area contributed by atoms with Crippen LogP contribution in [0.5, 0.6) is 0 Å². The molecule has 0 aliphatic heterocycles. The number of aliphatic hydroxyl groups is 1. The summed E-state index contributed by atoms with van der Waals surface area (Å²) in [5.74, 6) is 0. The summed E-state index contributed by atoms with van der Waals surface area (Å²) in [6, 6.07) is 0. The Hall–Kier alpha value is -0.560. The van der Waals surface area contributed by atoms with Crippen LogP contribution in [0.1, 0.15) is 64.7 Å². The molecule has 0 bridgehead atoms.